The van der Waals surface area contributed by atoms with E-state index >= 15 is 0 Å². The lowest BCUT2D eigenvalue weighted by Gasteiger charge is -2.12. The molecule has 3 nitrogen and oxygen atoms in total. The minimum absolute atomic E-state index is 0.283. The van der Waals surface area contributed by atoms with Gasteiger partial charge in [0.2, 0.25) is 0 Å². The van der Waals surface area contributed by atoms with Crippen LogP contribution in [0.2, 0.25) is 0 Å². The third kappa shape index (κ3) is 3.82. The van der Waals surface area contributed by atoms with Crippen molar-refractivity contribution in [3.05, 3.63) is 46.4 Å². The third-order valence-corrected chi connectivity index (χ3v) is 3.59. The summed E-state index contributed by atoms with van der Waals surface area (Å²) in [5.41, 5.74) is 1.22. The van der Waals surface area contributed by atoms with Crippen LogP contribution in [0, 0.1) is 6.92 Å². The van der Waals surface area contributed by atoms with Crippen LogP contribution in [-0.4, -0.2) is 18.1 Å². The number of aromatic nitrogens is 1. The molecule has 18 heavy (non-hydrogen) atoms. The highest BCUT2D eigenvalue weighted by Crippen LogP contribution is 2.14. The molecule has 1 heterocycles. The van der Waals surface area contributed by atoms with Gasteiger partial charge in [0.05, 0.1) is 6.04 Å². The van der Waals surface area contributed by atoms with E-state index < -0.39 is 0 Å². The van der Waals surface area contributed by atoms with Crippen molar-refractivity contribution in [1.82, 2.24) is 10.3 Å². The molecule has 1 atom stereocenters. The number of thiazole rings is 1. The summed E-state index contributed by atoms with van der Waals surface area (Å²) in [6, 6.07) is 8.39. The van der Waals surface area contributed by atoms with Crippen LogP contribution < -0.4 is 10.1 Å². The third-order valence-electron chi connectivity index (χ3n) is 2.63. The summed E-state index contributed by atoms with van der Waals surface area (Å²) < 4.78 is 5.68. The van der Waals surface area contributed by atoms with Gasteiger partial charge >= 0.3 is 0 Å². The van der Waals surface area contributed by atoms with Gasteiger partial charge in [0.15, 0.2) is 0 Å². The van der Waals surface area contributed by atoms with Crippen LogP contribution in [0.15, 0.2) is 35.8 Å². The first-order valence-electron chi connectivity index (χ1n) is 6.08. The molecule has 0 aliphatic carbocycles. The van der Waals surface area contributed by atoms with Crippen LogP contribution in [0.25, 0.3) is 0 Å². The first-order valence-corrected chi connectivity index (χ1v) is 6.96. The minimum atomic E-state index is 0.283. The van der Waals surface area contributed by atoms with Gasteiger partial charge in [-0.2, -0.15) is 0 Å². The number of aryl methyl sites for hydroxylation is 1. The van der Waals surface area contributed by atoms with E-state index in [1.807, 2.05) is 29.8 Å². The zero-order chi connectivity index (χ0) is 12.8. The molecule has 0 spiro atoms. The Morgan fingerprint density at radius 1 is 1.44 bits per heavy atom. The summed E-state index contributed by atoms with van der Waals surface area (Å²) in [6.45, 7) is 5.66. The molecule has 0 saturated heterocycles. The van der Waals surface area contributed by atoms with E-state index in [4.69, 9.17) is 4.74 Å². The Hall–Kier alpha value is -1.39. The van der Waals surface area contributed by atoms with Crippen molar-refractivity contribution >= 4 is 11.3 Å². The summed E-state index contributed by atoms with van der Waals surface area (Å²) in [6.07, 6.45) is 1.83. The van der Waals surface area contributed by atoms with Crippen LogP contribution in [0.3, 0.4) is 0 Å². The van der Waals surface area contributed by atoms with Gasteiger partial charge in [-0.3, -0.25) is 0 Å². The topological polar surface area (TPSA) is 34.1 Å². The molecule has 2 aromatic rings. The van der Waals surface area contributed by atoms with E-state index in [1.165, 1.54) is 5.56 Å². The fourth-order valence-electron chi connectivity index (χ4n) is 1.69. The smallest absolute Gasteiger partial charge is 0.119 e. The molecule has 0 amide bonds. The van der Waals surface area contributed by atoms with Crippen LogP contribution in [-0.2, 0) is 0 Å². The number of benzene rings is 1. The Morgan fingerprint density at radius 2 is 2.33 bits per heavy atom. The predicted molar refractivity (Wildman–Crippen MR) is 75.2 cm³/mol. The first kappa shape index (κ1) is 13.1. The highest BCUT2D eigenvalue weighted by atomic mass is 32.1. The monoisotopic (exact) mass is 262 g/mol. The number of hydrogen-bond donors (Lipinski definition) is 1. The molecule has 0 radical (unpaired) electrons. The van der Waals surface area contributed by atoms with Crippen molar-refractivity contribution in [2.24, 2.45) is 0 Å². The van der Waals surface area contributed by atoms with Gasteiger partial charge in [-0.25, -0.2) is 4.98 Å². The van der Waals surface area contributed by atoms with Gasteiger partial charge in [0, 0.05) is 18.1 Å². The minimum Gasteiger partial charge on any atom is -0.492 e. The molecule has 1 unspecified atom stereocenters. The van der Waals surface area contributed by atoms with Gasteiger partial charge in [-0.1, -0.05) is 12.1 Å². The second-order valence-corrected chi connectivity index (χ2v) is 5.14. The molecule has 1 aromatic heterocycles. The van der Waals surface area contributed by atoms with Crippen molar-refractivity contribution < 1.29 is 4.74 Å². The fourth-order valence-corrected chi connectivity index (χ4v) is 2.36. The number of hydrogen-bond acceptors (Lipinski definition) is 4. The normalized spacial score (nSPS) is 12.3. The highest BCUT2D eigenvalue weighted by molar-refractivity contribution is 7.09. The quantitative estimate of drug-likeness (QED) is 0.812. The highest BCUT2D eigenvalue weighted by Gasteiger charge is 2.06. The maximum Gasteiger partial charge on any atom is 0.119 e. The van der Waals surface area contributed by atoms with E-state index in [-0.39, 0.29) is 6.04 Å². The zero-order valence-corrected chi connectivity index (χ0v) is 11.5. The van der Waals surface area contributed by atoms with Crippen molar-refractivity contribution in [1.29, 1.82) is 0 Å². The van der Waals surface area contributed by atoms with E-state index in [1.54, 1.807) is 11.3 Å². The Labute approximate surface area is 112 Å². The molecule has 0 aliphatic rings. The SMILES string of the molecule is Cc1cccc(OCCNC(C)c2nccs2)c1. The van der Waals surface area contributed by atoms with E-state index in [2.05, 4.69) is 30.2 Å². The number of nitrogens with one attached hydrogen (secondary N) is 1. The maximum atomic E-state index is 5.68. The average molecular weight is 262 g/mol. The average Bonchev–Trinajstić information content (AvgIpc) is 2.88. The summed E-state index contributed by atoms with van der Waals surface area (Å²) >= 11 is 1.67. The summed E-state index contributed by atoms with van der Waals surface area (Å²) in [4.78, 5) is 4.28. The van der Waals surface area contributed by atoms with Gasteiger partial charge in [0.25, 0.3) is 0 Å². The molecular formula is C14H18N2OS. The summed E-state index contributed by atoms with van der Waals surface area (Å²) in [7, 11) is 0. The number of rotatable bonds is 6. The van der Waals surface area contributed by atoms with E-state index in [0.717, 1.165) is 17.3 Å². The largest absolute Gasteiger partial charge is 0.492 e. The van der Waals surface area contributed by atoms with E-state index in [9.17, 15) is 0 Å². The molecule has 96 valence electrons. The Bertz CT molecular complexity index is 470. The van der Waals surface area contributed by atoms with Gasteiger partial charge in [0.1, 0.15) is 17.4 Å². The molecule has 2 rings (SSSR count). The molecular weight excluding hydrogens is 244 g/mol. The van der Waals surface area contributed by atoms with Crippen LogP contribution in [0.4, 0.5) is 0 Å². The second kappa shape index (κ2) is 6.52. The van der Waals surface area contributed by atoms with Gasteiger partial charge in [-0.05, 0) is 31.5 Å². The van der Waals surface area contributed by atoms with Crippen molar-refractivity contribution in [3.63, 3.8) is 0 Å². The standard InChI is InChI=1S/C14H18N2OS/c1-11-4-3-5-13(10-11)17-8-6-15-12(2)14-16-7-9-18-14/h3-5,7,9-10,12,15H,6,8H2,1-2H3. The van der Waals surface area contributed by atoms with Crippen molar-refractivity contribution in [2.45, 2.75) is 19.9 Å². The van der Waals surface area contributed by atoms with Crippen LogP contribution in [0.5, 0.6) is 5.75 Å². The molecule has 1 N–H and O–H groups in total. The molecule has 0 bridgehead atoms. The molecule has 1 aromatic carbocycles. The summed E-state index contributed by atoms with van der Waals surface area (Å²) in [5, 5.41) is 6.51. The Kier molecular flexibility index (Phi) is 4.73. The lowest BCUT2D eigenvalue weighted by molar-refractivity contribution is 0.307. The summed E-state index contributed by atoms with van der Waals surface area (Å²) in [5.74, 6) is 0.929. The second-order valence-electron chi connectivity index (χ2n) is 4.21. The molecule has 0 saturated carbocycles. The Balaban J connectivity index is 1.70. The maximum absolute atomic E-state index is 5.68. The zero-order valence-electron chi connectivity index (χ0n) is 10.7. The van der Waals surface area contributed by atoms with E-state index in [0.29, 0.717) is 6.61 Å². The van der Waals surface area contributed by atoms with Crippen molar-refractivity contribution in [2.75, 3.05) is 13.2 Å². The van der Waals surface area contributed by atoms with Crippen molar-refractivity contribution in [3.8, 4) is 5.75 Å². The van der Waals surface area contributed by atoms with Gasteiger partial charge < -0.3 is 10.1 Å². The van der Waals surface area contributed by atoms with Crippen LogP contribution in [0.1, 0.15) is 23.5 Å². The lowest BCUT2D eigenvalue weighted by atomic mass is 10.2. The lowest BCUT2D eigenvalue weighted by Crippen LogP contribution is -2.24. The van der Waals surface area contributed by atoms with Gasteiger partial charge in [-0.15, -0.1) is 11.3 Å². The number of ether oxygens (including phenoxy) is 1. The Morgan fingerprint density at radius 3 is 3.06 bits per heavy atom. The molecule has 4 heteroatoms. The first-order chi connectivity index (χ1) is 8.75. The molecule has 0 aliphatic heterocycles. The van der Waals surface area contributed by atoms with Crippen LogP contribution >= 0.6 is 11.3 Å². The predicted octanol–water partition coefficient (Wildman–Crippen LogP) is 3.18. The fraction of sp³-hybridized carbons (Fsp3) is 0.357. The number of nitrogens with zero attached hydrogens (tertiary/aromatic N) is 1. The molecule has 0 fully saturated rings.